The number of hydrogen-bond acceptors (Lipinski definition) is 8. The number of ether oxygens (including phenoxy) is 1. The number of aliphatic hydroxyl groups excluding tert-OH is 1. The molecule has 8 heteroatoms. The maximum absolute atomic E-state index is 8.54. The molecular weight excluding hydrogens is 332 g/mol. The van der Waals surface area contributed by atoms with Crippen molar-refractivity contribution in [3.05, 3.63) is 57.0 Å². The normalized spacial score (nSPS) is 10.2. The van der Waals surface area contributed by atoms with Crippen molar-refractivity contribution in [2.75, 3.05) is 0 Å². The molecule has 6 nitrogen and oxygen atoms in total. The highest BCUT2D eigenvalue weighted by molar-refractivity contribution is 7.05. The van der Waals surface area contributed by atoms with E-state index < -0.39 is 0 Å². The Morgan fingerprint density at radius 2 is 1.52 bits per heavy atom. The topological polar surface area (TPSA) is 81.0 Å². The second-order valence-electron chi connectivity index (χ2n) is 4.70. The molecule has 122 valence electrons. The molecule has 0 aliphatic carbocycles. The summed E-state index contributed by atoms with van der Waals surface area (Å²) in [6.45, 7) is 5.07. The summed E-state index contributed by atoms with van der Waals surface area (Å²) < 4.78 is 13.1. The molecule has 0 fully saturated rings. The van der Waals surface area contributed by atoms with Crippen molar-refractivity contribution in [1.82, 2.24) is 19.2 Å². The van der Waals surface area contributed by atoms with Crippen molar-refractivity contribution in [2.45, 2.75) is 33.7 Å². The van der Waals surface area contributed by atoms with Crippen molar-refractivity contribution in [2.24, 2.45) is 0 Å². The van der Waals surface area contributed by atoms with Crippen LogP contribution in [0.3, 0.4) is 0 Å². The van der Waals surface area contributed by atoms with Crippen LogP contribution in [0.25, 0.3) is 0 Å². The third-order valence-corrected chi connectivity index (χ3v) is 4.58. The molecule has 1 N–H and O–H groups in total. The van der Waals surface area contributed by atoms with E-state index in [1.54, 1.807) is 0 Å². The fourth-order valence-electron chi connectivity index (χ4n) is 1.62. The lowest BCUT2D eigenvalue weighted by Gasteiger charge is -2.02. The summed E-state index contributed by atoms with van der Waals surface area (Å²) in [6, 6.07) is 10.1. The molecule has 0 bridgehead atoms. The maximum atomic E-state index is 8.54. The smallest absolute Gasteiger partial charge is 0.0848 e. The number of hydrogen-bond donors (Lipinski definition) is 1. The summed E-state index contributed by atoms with van der Waals surface area (Å²) in [5.41, 5.74) is 2.98. The lowest BCUT2D eigenvalue weighted by molar-refractivity contribution is 0.109. The van der Waals surface area contributed by atoms with Crippen LogP contribution in [0.2, 0.25) is 0 Å². The van der Waals surface area contributed by atoms with Crippen LogP contribution in [-0.4, -0.2) is 24.3 Å². The zero-order chi connectivity index (χ0) is 16.5. The van der Waals surface area contributed by atoms with Gasteiger partial charge in [0.15, 0.2) is 0 Å². The predicted molar refractivity (Wildman–Crippen MR) is 90.1 cm³/mol. The van der Waals surface area contributed by atoms with E-state index in [9.17, 15) is 0 Å². The minimum Gasteiger partial charge on any atom is -0.391 e. The lowest BCUT2D eigenvalue weighted by Crippen LogP contribution is -1.93. The van der Waals surface area contributed by atoms with Gasteiger partial charge in [0.05, 0.1) is 41.0 Å². The van der Waals surface area contributed by atoms with Crippen LogP contribution in [0.4, 0.5) is 0 Å². The number of aliphatic hydroxyl groups is 1. The van der Waals surface area contributed by atoms with Gasteiger partial charge in [-0.2, -0.15) is 0 Å². The first-order chi connectivity index (χ1) is 11.2. The highest BCUT2D eigenvalue weighted by Gasteiger charge is 2.02. The van der Waals surface area contributed by atoms with Crippen molar-refractivity contribution in [1.29, 1.82) is 0 Å². The Balaban J connectivity index is 0.000000203. The summed E-state index contributed by atoms with van der Waals surface area (Å²) in [5, 5.41) is 16.2. The Kier molecular flexibility index (Phi) is 7.21. The van der Waals surface area contributed by atoms with Crippen molar-refractivity contribution in [3.8, 4) is 0 Å². The summed E-state index contributed by atoms with van der Waals surface area (Å²) in [4.78, 5) is 1.95. The van der Waals surface area contributed by atoms with E-state index in [0.717, 1.165) is 21.1 Å². The van der Waals surface area contributed by atoms with Gasteiger partial charge >= 0.3 is 0 Å². The zero-order valence-corrected chi connectivity index (χ0v) is 14.6. The van der Waals surface area contributed by atoms with Crippen LogP contribution >= 0.6 is 23.1 Å². The second kappa shape index (κ2) is 9.41. The molecule has 0 saturated heterocycles. The third kappa shape index (κ3) is 5.76. The molecule has 0 aliphatic rings. The minimum atomic E-state index is 0.0590. The summed E-state index contributed by atoms with van der Waals surface area (Å²) in [5.74, 6) is 0. The predicted octanol–water partition coefficient (Wildman–Crippen LogP) is 2.90. The molecule has 0 saturated carbocycles. The standard InChI is InChI=1S/C11H12N2OS.C4H6N2OS/c1-9-11(15-13-12-9)8-14-7-10-5-3-2-4-6-10;1-3-4(2-7)8-6-5-3/h2-6H,7-8H2,1H3;7H,2H2,1H3. The highest BCUT2D eigenvalue weighted by atomic mass is 32.1. The molecule has 0 spiro atoms. The van der Waals surface area contributed by atoms with Gasteiger partial charge in [0.2, 0.25) is 0 Å². The molecule has 1 aromatic carbocycles. The maximum Gasteiger partial charge on any atom is 0.0848 e. The summed E-state index contributed by atoms with van der Waals surface area (Å²) in [7, 11) is 0. The van der Waals surface area contributed by atoms with Gasteiger partial charge in [-0.15, -0.1) is 10.2 Å². The van der Waals surface area contributed by atoms with Gasteiger partial charge in [-0.3, -0.25) is 0 Å². The van der Waals surface area contributed by atoms with Crippen LogP contribution in [0, 0.1) is 13.8 Å². The first-order valence-corrected chi connectivity index (χ1v) is 8.53. The van der Waals surface area contributed by atoms with E-state index in [2.05, 4.69) is 31.3 Å². The third-order valence-electron chi connectivity index (χ3n) is 2.98. The fourth-order valence-corrected chi connectivity index (χ4v) is 2.68. The second-order valence-corrected chi connectivity index (χ2v) is 6.38. The first-order valence-electron chi connectivity index (χ1n) is 6.99. The number of aromatic nitrogens is 4. The molecule has 0 atom stereocenters. The van der Waals surface area contributed by atoms with E-state index in [4.69, 9.17) is 9.84 Å². The molecule has 0 aliphatic heterocycles. The monoisotopic (exact) mass is 350 g/mol. The Morgan fingerprint density at radius 1 is 0.913 bits per heavy atom. The van der Waals surface area contributed by atoms with Crippen LogP contribution in [0.1, 0.15) is 26.7 Å². The van der Waals surface area contributed by atoms with E-state index >= 15 is 0 Å². The van der Waals surface area contributed by atoms with Crippen LogP contribution in [0.15, 0.2) is 30.3 Å². The van der Waals surface area contributed by atoms with Gasteiger partial charge < -0.3 is 9.84 Å². The summed E-state index contributed by atoms with van der Waals surface area (Å²) >= 11 is 2.64. The van der Waals surface area contributed by atoms with Gasteiger partial charge in [-0.25, -0.2) is 0 Å². The Morgan fingerprint density at radius 3 is 2.00 bits per heavy atom. The van der Waals surface area contributed by atoms with Crippen molar-refractivity contribution in [3.63, 3.8) is 0 Å². The highest BCUT2D eigenvalue weighted by Crippen LogP contribution is 2.11. The number of nitrogens with zero attached hydrogens (tertiary/aromatic N) is 4. The van der Waals surface area contributed by atoms with Crippen molar-refractivity contribution < 1.29 is 9.84 Å². The van der Waals surface area contributed by atoms with Crippen molar-refractivity contribution >= 4 is 23.1 Å². The van der Waals surface area contributed by atoms with E-state index in [1.807, 2.05) is 32.0 Å². The van der Waals surface area contributed by atoms with Gasteiger partial charge in [0.25, 0.3) is 0 Å². The molecule has 0 radical (unpaired) electrons. The number of rotatable bonds is 5. The van der Waals surface area contributed by atoms with Crippen LogP contribution in [-0.2, 0) is 24.6 Å². The van der Waals surface area contributed by atoms with Crippen LogP contribution in [0.5, 0.6) is 0 Å². The minimum absolute atomic E-state index is 0.0590. The molecule has 0 unspecified atom stereocenters. The Bertz CT molecular complexity index is 700. The van der Waals surface area contributed by atoms with Gasteiger partial charge in [-0.1, -0.05) is 39.3 Å². The van der Waals surface area contributed by atoms with E-state index in [0.29, 0.717) is 13.2 Å². The number of benzene rings is 1. The van der Waals surface area contributed by atoms with E-state index in [1.165, 1.54) is 28.6 Å². The molecule has 2 aromatic heterocycles. The zero-order valence-electron chi connectivity index (χ0n) is 13.0. The SMILES string of the molecule is Cc1nnsc1CO.Cc1nnsc1COCc1ccccc1. The average molecular weight is 350 g/mol. The molecular formula is C15H18N4O2S2. The van der Waals surface area contributed by atoms with Gasteiger partial charge in [0, 0.05) is 0 Å². The first kappa shape index (κ1) is 17.6. The molecule has 23 heavy (non-hydrogen) atoms. The average Bonchev–Trinajstić information content (AvgIpc) is 3.17. The fraction of sp³-hybridized carbons (Fsp3) is 0.333. The molecule has 3 rings (SSSR count). The van der Waals surface area contributed by atoms with E-state index in [-0.39, 0.29) is 6.61 Å². The number of aryl methyl sites for hydroxylation is 2. The molecule has 2 heterocycles. The lowest BCUT2D eigenvalue weighted by atomic mass is 10.2. The van der Waals surface area contributed by atoms with Gasteiger partial charge in [0.1, 0.15) is 0 Å². The molecule has 3 aromatic rings. The summed E-state index contributed by atoms with van der Waals surface area (Å²) in [6.07, 6.45) is 0. The Hall–Kier alpha value is -1.74. The van der Waals surface area contributed by atoms with Crippen LogP contribution < -0.4 is 0 Å². The molecule has 0 amide bonds. The quantitative estimate of drug-likeness (QED) is 0.762. The largest absolute Gasteiger partial charge is 0.391 e. The van der Waals surface area contributed by atoms with Gasteiger partial charge in [-0.05, 0) is 42.5 Å². The Labute approximate surface area is 143 Å².